The van der Waals surface area contributed by atoms with Crippen LogP contribution in [0.25, 0.3) is 0 Å². The zero-order chi connectivity index (χ0) is 21.6. The molecule has 0 unspecified atom stereocenters. The van der Waals surface area contributed by atoms with E-state index in [-0.39, 0.29) is 35.6 Å². The first kappa shape index (κ1) is 30.5. The summed E-state index contributed by atoms with van der Waals surface area (Å²) in [6, 6.07) is 0. The molecule has 0 aromatic heterocycles. The van der Waals surface area contributed by atoms with Crippen LogP contribution in [0.3, 0.4) is 0 Å². The van der Waals surface area contributed by atoms with Gasteiger partial charge in [-0.25, -0.2) is 0 Å². The van der Waals surface area contributed by atoms with Gasteiger partial charge in [-0.3, -0.25) is 0 Å². The molecule has 30 heavy (non-hydrogen) atoms. The molecule has 0 aromatic carbocycles. The molecule has 0 heterocycles. The van der Waals surface area contributed by atoms with E-state index in [1.54, 1.807) is 22.3 Å². The molecule has 0 fully saturated rings. The van der Waals surface area contributed by atoms with Gasteiger partial charge in [0.1, 0.15) is 0 Å². The van der Waals surface area contributed by atoms with Crippen LogP contribution in [0.5, 0.6) is 0 Å². The molecule has 0 spiro atoms. The topological polar surface area (TPSA) is 0 Å². The maximum absolute atomic E-state index is 2.99. The van der Waals surface area contributed by atoms with E-state index in [0.717, 1.165) is 0 Å². The van der Waals surface area contributed by atoms with Crippen LogP contribution in [-0.2, 0) is 14.0 Å². The fourth-order valence-corrected chi connectivity index (χ4v) is 15.0. The molecule has 2 rings (SSSR count). The van der Waals surface area contributed by atoms with Crippen molar-refractivity contribution in [3.05, 3.63) is 42.2 Å². The van der Waals surface area contributed by atoms with Gasteiger partial charge in [-0.05, 0) is 0 Å². The van der Waals surface area contributed by atoms with Gasteiger partial charge in [0.25, 0.3) is 0 Å². The maximum atomic E-state index is 2.73. The van der Waals surface area contributed by atoms with E-state index in [2.05, 4.69) is 85.6 Å². The Morgan fingerprint density at radius 3 is 1.27 bits per heavy atom. The van der Waals surface area contributed by atoms with Gasteiger partial charge < -0.3 is 0 Å². The Labute approximate surface area is 202 Å². The average molecular weight is 508 g/mol. The van der Waals surface area contributed by atoms with Crippen LogP contribution >= 0.6 is 24.8 Å². The molecule has 0 amide bonds. The summed E-state index contributed by atoms with van der Waals surface area (Å²) in [6.07, 6.45) is 12.8. The fourth-order valence-electron chi connectivity index (χ4n) is 5.24. The molecule has 0 radical (unpaired) electrons. The van der Waals surface area contributed by atoms with Gasteiger partial charge in [-0.1, -0.05) is 0 Å². The minimum absolute atomic E-state index is 0. The number of rotatable bonds is 6. The van der Waals surface area contributed by atoms with Crippen molar-refractivity contribution in [3.63, 3.8) is 0 Å². The summed E-state index contributed by atoms with van der Waals surface area (Å²) in [5, 5.41) is 5.45. The zero-order valence-corrected chi connectivity index (χ0v) is 26.0. The summed E-state index contributed by atoms with van der Waals surface area (Å²) >= 11 is -2.99. The van der Waals surface area contributed by atoms with Crippen molar-refractivity contribution in [1.82, 2.24) is 0 Å². The molecule has 2 aliphatic rings. The predicted molar refractivity (Wildman–Crippen MR) is 143 cm³/mol. The van der Waals surface area contributed by atoms with E-state index in [9.17, 15) is 0 Å². The number of hydrogen-bond donors (Lipinski definition) is 0. The second-order valence-corrected chi connectivity index (χ2v) is 31.4. The molecule has 0 nitrogen and oxygen atoms in total. The van der Waals surface area contributed by atoms with Crippen LogP contribution in [-0.4, -0.2) is 7.63 Å². The smallest absolute Gasteiger partial charge is 0.147 e. The Kier molecular flexibility index (Phi) is 10.3. The molecule has 0 N–H and O–H groups in total. The van der Waals surface area contributed by atoms with Crippen LogP contribution in [0.1, 0.15) is 93.9 Å². The third kappa shape index (κ3) is 6.28. The molecule has 4 heteroatoms. The van der Waals surface area contributed by atoms with E-state index in [4.69, 9.17) is 0 Å². The molecule has 0 atom stereocenters. The Morgan fingerprint density at radius 2 is 1.03 bits per heavy atom. The minimum atomic E-state index is -2.99. The molecular weight excluding hydrogens is 459 g/mol. The van der Waals surface area contributed by atoms with Crippen molar-refractivity contribution in [1.29, 1.82) is 0 Å². The fraction of sp³-hybridized carbons (Fsp3) is 0.692. The Balaban J connectivity index is 0.00000420. The van der Waals surface area contributed by atoms with Crippen LogP contribution in [0, 0.1) is 10.8 Å². The van der Waals surface area contributed by atoms with Crippen molar-refractivity contribution in [2.45, 2.75) is 104 Å². The first-order valence-corrected chi connectivity index (χ1v) is 20.2. The summed E-state index contributed by atoms with van der Waals surface area (Å²) in [5.41, 5.74) is 7.21. The van der Waals surface area contributed by atoms with Gasteiger partial charge in [0.05, 0.1) is 0 Å². The van der Waals surface area contributed by atoms with Gasteiger partial charge >= 0.3 is 179 Å². The van der Waals surface area contributed by atoms with E-state index >= 15 is 0 Å². The molecule has 0 aliphatic heterocycles. The van der Waals surface area contributed by atoms with Crippen molar-refractivity contribution >= 4 is 32.4 Å². The predicted octanol–water partition coefficient (Wildman–Crippen LogP) is 9.02. The van der Waals surface area contributed by atoms with Gasteiger partial charge in [0.2, 0.25) is 0 Å². The molecule has 0 saturated carbocycles. The maximum Gasteiger partial charge on any atom is -0.147 e. The van der Waals surface area contributed by atoms with Gasteiger partial charge in [0.15, 0.2) is 0 Å². The second kappa shape index (κ2) is 10.2. The summed E-state index contributed by atoms with van der Waals surface area (Å²) in [5.74, 6) is 0. The average Bonchev–Trinajstić information content (AvgIpc) is 3.12. The third-order valence-electron chi connectivity index (χ3n) is 6.85. The Morgan fingerprint density at radius 1 is 0.733 bits per heavy atom. The van der Waals surface area contributed by atoms with E-state index in [0.29, 0.717) is 0 Å². The van der Waals surface area contributed by atoms with Crippen LogP contribution in [0.2, 0.25) is 10.5 Å². The number of halogens is 2. The van der Waals surface area contributed by atoms with Gasteiger partial charge in [-0.15, -0.1) is 24.8 Å². The first-order valence-electron chi connectivity index (χ1n) is 11.5. The second-order valence-electron chi connectivity index (χ2n) is 12.4. The van der Waals surface area contributed by atoms with E-state index in [1.165, 1.54) is 38.5 Å². The van der Waals surface area contributed by atoms with Crippen LogP contribution < -0.4 is 0 Å². The minimum Gasteiger partial charge on any atom is -0.147 e. The quantitative estimate of drug-likeness (QED) is 0.315. The molecule has 0 aromatic rings. The zero-order valence-electron chi connectivity index (χ0n) is 21.4. The molecule has 0 bridgehead atoms. The standard InChI is InChI=1S/2C12H19.2CH3.2ClH.H2Si.Ti/c2*1-5-6-10-7-8-11(9-10)12(2,3)4;;;;;;/h2*9H,5-7H2,1-4H3;2*1H3;2*1H;1H2;. The van der Waals surface area contributed by atoms with Gasteiger partial charge in [0, 0.05) is 0 Å². The van der Waals surface area contributed by atoms with Crippen LogP contribution in [0.4, 0.5) is 0 Å². The Bertz CT molecular complexity index is 769. The SMILES string of the molecule is CCCC1=CC(C(C)(C)C)=[C]([Ti]([CH3])([CH3])(=[SiH2])[C]2=C(C(C)(C)C)C=C(CCC)C2)C1.Cl.Cl. The largest absolute Gasteiger partial charge is 0.147 e. The number of hydrogen-bond acceptors (Lipinski definition) is 0. The summed E-state index contributed by atoms with van der Waals surface area (Å²) < 4.78 is 3.74. The van der Waals surface area contributed by atoms with Crippen molar-refractivity contribution < 1.29 is 14.0 Å². The number of allylic oxidation sites excluding steroid dienone is 8. The summed E-state index contributed by atoms with van der Waals surface area (Å²) in [6.45, 7) is 19.2. The molecular formula is C26H48Cl2SiTi. The Hall–Kier alpha value is 0.471. The summed E-state index contributed by atoms with van der Waals surface area (Å²) in [7, 11) is 2.44. The molecule has 174 valence electrons. The van der Waals surface area contributed by atoms with E-state index < -0.39 is 14.0 Å². The molecule has 2 aliphatic carbocycles. The van der Waals surface area contributed by atoms with Crippen LogP contribution in [0.15, 0.2) is 42.2 Å². The van der Waals surface area contributed by atoms with Gasteiger partial charge in [-0.2, -0.15) is 0 Å². The first-order chi connectivity index (χ1) is 12.6. The van der Waals surface area contributed by atoms with Crippen molar-refractivity contribution in [3.8, 4) is 0 Å². The van der Waals surface area contributed by atoms with E-state index in [1.807, 2.05) is 7.76 Å². The monoisotopic (exact) mass is 506 g/mol. The van der Waals surface area contributed by atoms with Crippen molar-refractivity contribution in [2.24, 2.45) is 10.8 Å². The normalized spacial score (nSPS) is 18.2. The van der Waals surface area contributed by atoms with Crippen molar-refractivity contribution in [2.75, 3.05) is 0 Å². The molecule has 0 saturated heterocycles. The summed E-state index contributed by atoms with van der Waals surface area (Å²) in [4.78, 5) is 0. The third-order valence-corrected chi connectivity index (χ3v) is 17.8.